The van der Waals surface area contributed by atoms with Crippen molar-refractivity contribution in [3.05, 3.63) is 28.8 Å². The summed E-state index contributed by atoms with van der Waals surface area (Å²) in [7, 11) is 1.96. The molecule has 2 rings (SSSR count). The van der Waals surface area contributed by atoms with Crippen molar-refractivity contribution in [2.75, 3.05) is 31.6 Å². The van der Waals surface area contributed by atoms with Crippen LogP contribution in [-0.2, 0) is 11.3 Å². The number of piperidine rings is 1. The summed E-state index contributed by atoms with van der Waals surface area (Å²) in [5.74, 6) is 0. The Hall–Kier alpha value is -0.770. The van der Waals surface area contributed by atoms with Gasteiger partial charge in [0.15, 0.2) is 0 Å². The van der Waals surface area contributed by atoms with Crippen molar-refractivity contribution in [2.24, 2.45) is 0 Å². The highest BCUT2D eigenvalue weighted by atomic mass is 35.5. The van der Waals surface area contributed by atoms with Crippen molar-refractivity contribution >= 4 is 17.3 Å². The molecule has 1 atom stereocenters. The molecule has 1 aromatic rings. The Morgan fingerprint density at radius 3 is 3.05 bits per heavy atom. The first kappa shape index (κ1) is 14.6. The predicted octanol–water partition coefficient (Wildman–Crippen LogP) is 3.06. The van der Waals surface area contributed by atoms with Gasteiger partial charge in [0.1, 0.15) is 0 Å². The van der Waals surface area contributed by atoms with E-state index in [1.807, 2.05) is 13.1 Å². The average Bonchev–Trinajstić information content (AvgIpc) is 2.40. The summed E-state index contributed by atoms with van der Waals surface area (Å²) in [6, 6.07) is 6.15. The fraction of sp³-hybridized carbons (Fsp3) is 0.600. The molecule has 4 heteroatoms. The average molecular weight is 283 g/mol. The number of anilines is 1. The third-order valence-electron chi connectivity index (χ3n) is 3.53. The van der Waals surface area contributed by atoms with Crippen molar-refractivity contribution in [3.63, 3.8) is 0 Å². The molecule has 1 heterocycles. The quantitative estimate of drug-likeness (QED) is 0.898. The number of hydrogen-bond acceptors (Lipinski definition) is 3. The molecule has 106 valence electrons. The second-order valence-electron chi connectivity index (χ2n) is 4.97. The van der Waals surface area contributed by atoms with Crippen LogP contribution in [0.3, 0.4) is 0 Å². The summed E-state index contributed by atoms with van der Waals surface area (Å²) in [5, 5.41) is 4.01. The second-order valence-corrected chi connectivity index (χ2v) is 5.41. The van der Waals surface area contributed by atoms with Crippen LogP contribution in [0, 0.1) is 0 Å². The first-order valence-electron chi connectivity index (χ1n) is 7.04. The molecule has 0 amide bonds. The number of nitrogens with one attached hydrogen (secondary N) is 1. The molecule has 1 saturated heterocycles. The van der Waals surface area contributed by atoms with E-state index in [2.05, 4.69) is 29.3 Å². The third kappa shape index (κ3) is 3.85. The van der Waals surface area contributed by atoms with E-state index in [0.717, 1.165) is 31.3 Å². The van der Waals surface area contributed by atoms with E-state index in [9.17, 15) is 0 Å². The second kappa shape index (κ2) is 7.13. The monoisotopic (exact) mass is 282 g/mol. The molecular weight excluding hydrogens is 260 g/mol. The van der Waals surface area contributed by atoms with E-state index < -0.39 is 0 Å². The van der Waals surface area contributed by atoms with Crippen molar-refractivity contribution < 1.29 is 4.74 Å². The van der Waals surface area contributed by atoms with Gasteiger partial charge in [-0.2, -0.15) is 0 Å². The summed E-state index contributed by atoms with van der Waals surface area (Å²) < 4.78 is 5.77. The third-order valence-corrected chi connectivity index (χ3v) is 3.77. The Bertz CT molecular complexity index is 409. The SMILES string of the molecule is CCOC1CCCN(c2ccc(Cl)cc2CNC)C1. The maximum absolute atomic E-state index is 6.10. The van der Waals surface area contributed by atoms with Crippen molar-refractivity contribution in [2.45, 2.75) is 32.4 Å². The van der Waals surface area contributed by atoms with Crippen molar-refractivity contribution in [1.29, 1.82) is 0 Å². The minimum absolute atomic E-state index is 0.358. The van der Waals surface area contributed by atoms with E-state index in [1.54, 1.807) is 0 Å². The van der Waals surface area contributed by atoms with Gasteiger partial charge in [0.05, 0.1) is 6.10 Å². The highest BCUT2D eigenvalue weighted by Crippen LogP contribution is 2.27. The molecule has 19 heavy (non-hydrogen) atoms. The fourth-order valence-electron chi connectivity index (χ4n) is 2.72. The van der Waals surface area contributed by atoms with Crippen LogP contribution >= 0.6 is 11.6 Å². The number of hydrogen-bond donors (Lipinski definition) is 1. The number of rotatable bonds is 5. The fourth-order valence-corrected chi connectivity index (χ4v) is 2.92. The molecule has 3 nitrogen and oxygen atoms in total. The van der Waals surface area contributed by atoms with E-state index in [4.69, 9.17) is 16.3 Å². The molecule has 1 aromatic carbocycles. The van der Waals surface area contributed by atoms with Crippen molar-refractivity contribution in [1.82, 2.24) is 5.32 Å². The molecule has 0 aliphatic carbocycles. The molecular formula is C15H23ClN2O. The van der Waals surface area contributed by atoms with Crippen LogP contribution in [-0.4, -0.2) is 32.8 Å². The molecule has 0 aromatic heterocycles. The van der Waals surface area contributed by atoms with Crippen LogP contribution in [0.2, 0.25) is 5.02 Å². The zero-order valence-electron chi connectivity index (χ0n) is 11.8. The molecule has 1 unspecified atom stereocenters. The predicted molar refractivity (Wildman–Crippen MR) is 81.1 cm³/mol. The number of halogens is 1. The summed E-state index contributed by atoms with van der Waals surface area (Å²) in [4.78, 5) is 2.42. The Morgan fingerprint density at radius 2 is 2.32 bits per heavy atom. The first-order valence-corrected chi connectivity index (χ1v) is 7.42. The molecule has 0 spiro atoms. The Labute approximate surface area is 120 Å². The highest BCUT2D eigenvalue weighted by molar-refractivity contribution is 6.30. The Kier molecular flexibility index (Phi) is 5.49. The van der Waals surface area contributed by atoms with Gasteiger partial charge in [-0.05, 0) is 50.6 Å². The van der Waals surface area contributed by atoms with E-state index >= 15 is 0 Å². The highest BCUT2D eigenvalue weighted by Gasteiger charge is 2.21. The summed E-state index contributed by atoms with van der Waals surface area (Å²) in [6.45, 7) is 5.77. The summed E-state index contributed by atoms with van der Waals surface area (Å²) in [6.07, 6.45) is 2.71. The largest absolute Gasteiger partial charge is 0.377 e. The van der Waals surface area contributed by atoms with Gasteiger partial charge >= 0.3 is 0 Å². The van der Waals surface area contributed by atoms with Crippen LogP contribution < -0.4 is 10.2 Å². The van der Waals surface area contributed by atoms with Gasteiger partial charge in [-0.25, -0.2) is 0 Å². The molecule has 1 aliphatic heterocycles. The molecule has 1 N–H and O–H groups in total. The molecule has 1 fully saturated rings. The van der Waals surface area contributed by atoms with Crippen molar-refractivity contribution in [3.8, 4) is 0 Å². The van der Waals surface area contributed by atoms with Gasteiger partial charge < -0.3 is 15.0 Å². The molecule has 0 saturated carbocycles. The summed E-state index contributed by atoms with van der Waals surface area (Å²) in [5.41, 5.74) is 2.54. The van der Waals surface area contributed by atoms with Crippen LogP contribution in [0.1, 0.15) is 25.3 Å². The van der Waals surface area contributed by atoms with Crippen LogP contribution in [0.4, 0.5) is 5.69 Å². The lowest BCUT2D eigenvalue weighted by atomic mass is 10.0. The maximum atomic E-state index is 6.10. The lowest BCUT2D eigenvalue weighted by Crippen LogP contribution is -2.40. The number of benzene rings is 1. The topological polar surface area (TPSA) is 24.5 Å². The van der Waals surface area contributed by atoms with E-state index in [1.165, 1.54) is 24.1 Å². The zero-order chi connectivity index (χ0) is 13.7. The normalized spacial score (nSPS) is 19.7. The van der Waals surface area contributed by atoms with Crippen LogP contribution in [0.25, 0.3) is 0 Å². The number of nitrogens with zero attached hydrogens (tertiary/aromatic N) is 1. The summed E-state index contributed by atoms with van der Waals surface area (Å²) >= 11 is 6.10. The number of ether oxygens (including phenoxy) is 1. The Morgan fingerprint density at radius 1 is 1.47 bits per heavy atom. The van der Waals surface area contributed by atoms with E-state index in [-0.39, 0.29) is 0 Å². The lowest BCUT2D eigenvalue weighted by Gasteiger charge is -2.35. The smallest absolute Gasteiger partial charge is 0.0750 e. The minimum Gasteiger partial charge on any atom is -0.377 e. The van der Waals surface area contributed by atoms with Gasteiger partial charge in [0.25, 0.3) is 0 Å². The van der Waals surface area contributed by atoms with Gasteiger partial charge in [-0.15, -0.1) is 0 Å². The van der Waals surface area contributed by atoms with Gasteiger partial charge in [-0.3, -0.25) is 0 Å². The van der Waals surface area contributed by atoms with Crippen LogP contribution in [0.5, 0.6) is 0 Å². The van der Waals surface area contributed by atoms with Gasteiger partial charge in [-0.1, -0.05) is 11.6 Å². The lowest BCUT2D eigenvalue weighted by molar-refractivity contribution is 0.0526. The molecule has 0 radical (unpaired) electrons. The Balaban J connectivity index is 2.15. The first-order chi connectivity index (χ1) is 9.24. The van der Waals surface area contributed by atoms with Gasteiger partial charge in [0, 0.05) is 37.0 Å². The zero-order valence-corrected chi connectivity index (χ0v) is 12.5. The maximum Gasteiger partial charge on any atom is 0.0750 e. The van der Waals surface area contributed by atoms with Crippen LogP contribution in [0.15, 0.2) is 18.2 Å². The van der Waals surface area contributed by atoms with Gasteiger partial charge in [0.2, 0.25) is 0 Å². The molecule has 0 bridgehead atoms. The minimum atomic E-state index is 0.358. The standard InChI is InChI=1S/C15H23ClN2O/c1-3-19-14-5-4-8-18(11-14)15-7-6-13(16)9-12(15)10-17-2/h6-7,9,14,17H,3-5,8,10-11H2,1-2H3. The van der Waals surface area contributed by atoms with E-state index in [0.29, 0.717) is 6.10 Å². The molecule has 1 aliphatic rings.